The van der Waals surface area contributed by atoms with Crippen LogP contribution < -0.4 is 5.32 Å². The predicted octanol–water partition coefficient (Wildman–Crippen LogP) is 2.89. The number of carbonyl (C=O) groups is 1. The molecule has 5 nitrogen and oxygen atoms in total. The van der Waals surface area contributed by atoms with Gasteiger partial charge in [0, 0.05) is 12.1 Å². The Morgan fingerprint density at radius 3 is 2.95 bits per heavy atom. The molecule has 21 heavy (non-hydrogen) atoms. The number of hydrogen-bond donors (Lipinski definition) is 1. The number of carbonyl (C=O) groups excluding carboxylic acids is 1. The van der Waals surface area contributed by atoms with Crippen molar-refractivity contribution in [3.8, 4) is 0 Å². The average Bonchev–Trinajstić information content (AvgIpc) is 2.90. The third-order valence-electron chi connectivity index (χ3n) is 4.48. The molecular weight excluding hydrogens is 284 g/mol. The molecule has 1 aliphatic rings. The molecule has 0 bridgehead atoms. The van der Waals surface area contributed by atoms with E-state index in [1.54, 1.807) is 6.33 Å². The van der Waals surface area contributed by atoms with Crippen LogP contribution in [0.3, 0.4) is 0 Å². The van der Waals surface area contributed by atoms with Crippen LogP contribution in [0.25, 0.3) is 0 Å². The van der Waals surface area contributed by atoms with E-state index in [0.717, 1.165) is 11.6 Å². The van der Waals surface area contributed by atoms with E-state index in [2.05, 4.69) is 43.2 Å². The number of nitrogens with zero attached hydrogens (tertiary/aromatic N) is 3. The summed E-state index contributed by atoms with van der Waals surface area (Å²) in [4.78, 5) is 12.2. The van der Waals surface area contributed by atoms with Crippen molar-refractivity contribution in [3.05, 3.63) is 6.33 Å². The monoisotopic (exact) mass is 310 g/mol. The van der Waals surface area contributed by atoms with Crippen molar-refractivity contribution >= 4 is 17.7 Å². The van der Waals surface area contributed by atoms with Gasteiger partial charge in [-0.2, -0.15) is 0 Å². The minimum Gasteiger partial charge on any atom is -0.352 e. The summed E-state index contributed by atoms with van der Waals surface area (Å²) in [6.45, 7) is 8.69. The Balaban J connectivity index is 1.83. The molecule has 1 fully saturated rings. The van der Waals surface area contributed by atoms with Gasteiger partial charge in [-0.1, -0.05) is 38.5 Å². The van der Waals surface area contributed by atoms with Gasteiger partial charge >= 0.3 is 0 Å². The maximum atomic E-state index is 12.2. The SMILES string of the molecule is CC1CCCC(NC(=O)CSc2nncn2C(C)C)C1C. The average molecular weight is 310 g/mol. The number of hydrogen-bond acceptors (Lipinski definition) is 4. The molecule has 1 N–H and O–H groups in total. The van der Waals surface area contributed by atoms with Crippen LogP contribution in [-0.2, 0) is 4.79 Å². The quantitative estimate of drug-likeness (QED) is 0.850. The van der Waals surface area contributed by atoms with Crippen LogP contribution in [0.2, 0.25) is 0 Å². The Kier molecular flexibility index (Phi) is 5.67. The van der Waals surface area contributed by atoms with Crippen molar-refractivity contribution < 1.29 is 4.79 Å². The number of thioether (sulfide) groups is 1. The largest absolute Gasteiger partial charge is 0.352 e. The summed E-state index contributed by atoms with van der Waals surface area (Å²) in [5.41, 5.74) is 0. The Morgan fingerprint density at radius 1 is 1.48 bits per heavy atom. The van der Waals surface area contributed by atoms with E-state index in [-0.39, 0.29) is 5.91 Å². The number of amides is 1. The van der Waals surface area contributed by atoms with Crippen molar-refractivity contribution in [3.63, 3.8) is 0 Å². The Hall–Kier alpha value is -1.04. The summed E-state index contributed by atoms with van der Waals surface area (Å²) in [6, 6.07) is 0.634. The molecule has 3 unspecified atom stereocenters. The lowest BCUT2D eigenvalue weighted by Gasteiger charge is -2.34. The first kappa shape index (κ1) is 16.3. The van der Waals surface area contributed by atoms with Crippen LogP contribution in [0.4, 0.5) is 0 Å². The van der Waals surface area contributed by atoms with Gasteiger partial charge < -0.3 is 9.88 Å². The lowest BCUT2D eigenvalue weighted by Crippen LogP contribution is -2.44. The molecule has 1 aromatic heterocycles. The fraction of sp³-hybridized carbons (Fsp3) is 0.800. The minimum absolute atomic E-state index is 0.101. The summed E-state index contributed by atoms with van der Waals surface area (Å²) in [5, 5.41) is 12.0. The van der Waals surface area contributed by atoms with Crippen LogP contribution in [-0.4, -0.2) is 32.5 Å². The maximum Gasteiger partial charge on any atom is 0.230 e. The zero-order valence-corrected chi connectivity index (χ0v) is 14.2. The van der Waals surface area contributed by atoms with Gasteiger partial charge in [0.05, 0.1) is 5.75 Å². The molecule has 1 aromatic rings. The van der Waals surface area contributed by atoms with Crippen LogP contribution in [0, 0.1) is 11.8 Å². The standard InChI is InChI=1S/C15H26N4OS/c1-10(2)19-9-16-18-15(19)21-8-14(20)17-13-7-5-6-11(3)12(13)4/h9-13H,5-8H2,1-4H3,(H,17,20). The maximum absolute atomic E-state index is 12.2. The lowest BCUT2D eigenvalue weighted by atomic mass is 9.78. The van der Waals surface area contributed by atoms with E-state index in [0.29, 0.717) is 29.7 Å². The van der Waals surface area contributed by atoms with Gasteiger partial charge in [0.2, 0.25) is 5.91 Å². The molecule has 0 aliphatic heterocycles. The van der Waals surface area contributed by atoms with Crippen molar-refractivity contribution in [2.45, 2.75) is 64.2 Å². The molecule has 3 atom stereocenters. The number of nitrogens with one attached hydrogen (secondary N) is 1. The van der Waals surface area contributed by atoms with Gasteiger partial charge in [-0.25, -0.2) is 0 Å². The first-order valence-corrected chi connectivity index (χ1v) is 8.79. The molecule has 0 aromatic carbocycles. The Labute approximate surface area is 131 Å². The fourth-order valence-electron chi connectivity index (χ4n) is 2.85. The topological polar surface area (TPSA) is 59.8 Å². The van der Waals surface area contributed by atoms with E-state index in [9.17, 15) is 4.79 Å². The molecular formula is C15H26N4OS. The van der Waals surface area contributed by atoms with Crippen LogP contribution in [0.5, 0.6) is 0 Å². The van der Waals surface area contributed by atoms with Crippen LogP contribution in [0.1, 0.15) is 53.0 Å². The fourth-order valence-corrected chi connectivity index (χ4v) is 3.71. The van der Waals surface area contributed by atoms with Gasteiger partial charge in [-0.3, -0.25) is 4.79 Å². The van der Waals surface area contributed by atoms with E-state index in [1.165, 1.54) is 24.6 Å². The van der Waals surface area contributed by atoms with Crippen molar-refractivity contribution in [2.75, 3.05) is 5.75 Å². The van der Waals surface area contributed by atoms with Gasteiger partial charge in [0.25, 0.3) is 0 Å². The van der Waals surface area contributed by atoms with Crippen molar-refractivity contribution in [2.24, 2.45) is 11.8 Å². The molecule has 0 saturated heterocycles. The predicted molar refractivity (Wildman–Crippen MR) is 85.2 cm³/mol. The molecule has 6 heteroatoms. The summed E-state index contributed by atoms with van der Waals surface area (Å²) < 4.78 is 1.99. The summed E-state index contributed by atoms with van der Waals surface area (Å²) in [5.74, 6) is 1.76. The van der Waals surface area contributed by atoms with Gasteiger partial charge in [0.15, 0.2) is 5.16 Å². The number of aromatic nitrogens is 3. The van der Waals surface area contributed by atoms with Crippen LogP contribution >= 0.6 is 11.8 Å². The Bertz CT molecular complexity index is 474. The zero-order valence-electron chi connectivity index (χ0n) is 13.4. The van der Waals surface area contributed by atoms with Gasteiger partial charge in [-0.15, -0.1) is 10.2 Å². The normalized spacial score (nSPS) is 26.0. The molecule has 1 saturated carbocycles. The van der Waals surface area contributed by atoms with E-state index in [4.69, 9.17) is 0 Å². The molecule has 2 rings (SSSR count). The molecule has 1 amide bonds. The summed E-state index contributed by atoms with van der Waals surface area (Å²) >= 11 is 1.46. The second-order valence-electron chi connectivity index (χ2n) is 6.34. The highest BCUT2D eigenvalue weighted by Crippen LogP contribution is 2.29. The minimum atomic E-state index is 0.101. The van der Waals surface area contributed by atoms with Gasteiger partial charge in [-0.05, 0) is 32.1 Å². The highest BCUT2D eigenvalue weighted by atomic mass is 32.2. The second kappa shape index (κ2) is 7.29. The molecule has 118 valence electrons. The third kappa shape index (κ3) is 4.22. The van der Waals surface area contributed by atoms with E-state index in [1.807, 2.05) is 4.57 Å². The molecule has 0 radical (unpaired) electrons. The molecule has 0 spiro atoms. The zero-order chi connectivity index (χ0) is 15.4. The van der Waals surface area contributed by atoms with Gasteiger partial charge in [0.1, 0.15) is 6.33 Å². The molecule has 1 aliphatic carbocycles. The first-order chi connectivity index (χ1) is 9.99. The lowest BCUT2D eigenvalue weighted by molar-refractivity contribution is -0.120. The second-order valence-corrected chi connectivity index (χ2v) is 7.29. The van der Waals surface area contributed by atoms with Crippen molar-refractivity contribution in [1.29, 1.82) is 0 Å². The van der Waals surface area contributed by atoms with Crippen molar-refractivity contribution in [1.82, 2.24) is 20.1 Å². The first-order valence-electron chi connectivity index (χ1n) is 7.80. The van der Waals surface area contributed by atoms with E-state index < -0.39 is 0 Å². The molecule has 1 heterocycles. The number of rotatable bonds is 5. The smallest absolute Gasteiger partial charge is 0.230 e. The van der Waals surface area contributed by atoms with Crippen LogP contribution in [0.15, 0.2) is 11.5 Å². The summed E-state index contributed by atoms with van der Waals surface area (Å²) in [7, 11) is 0. The third-order valence-corrected chi connectivity index (χ3v) is 5.44. The van der Waals surface area contributed by atoms with E-state index >= 15 is 0 Å². The highest BCUT2D eigenvalue weighted by molar-refractivity contribution is 7.99. The Morgan fingerprint density at radius 2 is 2.24 bits per heavy atom. The highest BCUT2D eigenvalue weighted by Gasteiger charge is 2.28. The summed E-state index contributed by atoms with van der Waals surface area (Å²) in [6.07, 6.45) is 5.31.